The van der Waals surface area contributed by atoms with Crippen LogP contribution in [0.3, 0.4) is 0 Å². The number of amides is 1. The Balaban J connectivity index is 3.58. The highest BCUT2D eigenvalue weighted by Crippen LogP contribution is 2.07. The normalized spacial score (nSPS) is 14.6. The highest BCUT2D eigenvalue weighted by molar-refractivity contribution is 5.76. The highest BCUT2D eigenvalue weighted by atomic mass is 16.5. The molecule has 0 bridgehead atoms. The molecule has 1 N–H and O–H groups in total. The molecule has 1 amide bonds. The Morgan fingerprint density at radius 3 is 2.44 bits per heavy atom. The first-order valence-corrected chi connectivity index (χ1v) is 6.94. The van der Waals surface area contributed by atoms with Crippen LogP contribution in [-0.4, -0.2) is 37.9 Å². The minimum absolute atomic E-state index is 0.0268. The van der Waals surface area contributed by atoms with E-state index in [0.717, 1.165) is 6.42 Å². The van der Waals surface area contributed by atoms with Crippen LogP contribution in [0.4, 0.5) is 0 Å². The van der Waals surface area contributed by atoms with E-state index in [0.29, 0.717) is 32.2 Å². The monoisotopic (exact) mass is 259 g/mol. The predicted octanol–water partition coefficient (Wildman–Crippen LogP) is 2.37. The van der Waals surface area contributed by atoms with Crippen molar-refractivity contribution in [1.29, 1.82) is 0 Å². The van der Waals surface area contributed by atoms with Gasteiger partial charge in [0, 0.05) is 19.1 Å². The Labute approximate surface area is 111 Å². The highest BCUT2D eigenvalue weighted by Gasteiger charge is 2.09. The molecule has 0 aromatic rings. The number of hydrogen-bond acceptors (Lipinski definition) is 3. The summed E-state index contributed by atoms with van der Waals surface area (Å²) in [5.41, 5.74) is 0. The molecule has 0 fully saturated rings. The van der Waals surface area contributed by atoms with Gasteiger partial charge in [-0.25, -0.2) is 0 Å². The van der Waals surface area contributed by atoms with E-state index in [4.69, 9.17) is 9.47 Å². The van der Waals surface area contributed by atoms with Crippen LogP contribution in [0.25, 0.3) is 0 Å². The van der Waals surface area contributed by atoms with E-state index in [1.165, 1.54) is 0 Å². The summed E-state index contributed by atoms with van der Waals surface area (Å²) in [6.45, 7) is 12.0. The molecule has 0 rings (SSSR count). The fourth-order valence-corrected chi connectivity index (χ4v) is 1.77. The van der Waals surface area contributed by atoms with Crippen molar-refractivity contribution >= 4 is 5.91 Å². The molecule has 4 heteroatoms. The van der Waals surface area contributed by atoms with Gasteiger partial charge in [0.15, 0.2) is 0 Å². The molecule has 18 heavy (non-hydrogen) atoms. The molecular formula is C14H29NO3. The molecule has 0 aliphatic carbocycles. The fraction of sp³-hybridized carbons (Fsp3) is 0.929. The summed E-state index contributed by atoms with van der Waals surface area (Å²) in [5.74, 6) is 0.652. The molecule has 4 nitrogen and oxygen atoms in total. The Bertz CT molecular complexity index is 219. The van der Waals surface area contributed by atoms with Gasteiger partial charge >= 0.3 is 0 Å². The van der Waals surface area contributed by atoms with Gasteiger partial charge in [-0.15, -0.1) is 0 Å². The van der Waals surface area contributed by atoms with E-state index < -0.39 is 0 Å². The number of carbonyl (C=O) groups excluding carboxylic acids is 1. The van der Waals surface area contributed by atoms with Crippen molar-refractivity contribution in [2.45, 2.75) is 59.6 Å². The Morgan fingerprint density at radius 1 is 1.22 bits per heavy atom. The standard InChI is InChI=1S/C14H29NO3/c1-6-17-10-12(4)15-14(16)7-8-18-13(5)9-11(2)3/h11-13H,6-10H2,1-5H3,(H,15,16)/t12-,13+/m0/s1. The second-order valence-electron chi connectivity index (χ2n) is 5.19. The van der Waals surface area contributed by atoms with Gasteiger partial charge in [0.25, 0.3) is 0 Å². The van der Waals surface area contributed by atoms with Crippen LogP contribution in [0.15, 0.2) is 0 Å². The zero-order valence-electron chi connectivity index (χ0n) is 12.5. The Hall–Kier alpha value is -0.610. The van der Waals surface area contributed by atoms with E-state index in [1.54, 1.807) is 0 Å². The molecule has 0 saturated carbocycles. The molecule has 0 radical (unpaired) electrons. The van der Waals surface area contributed by atoms with E-state index in [1.807, 2.05) is 13.8 Å². The average Bonchev–Trinajstić information content (AvgIpc) is 2.25. The number of nitrogens with one attached hydrogen (secondary N) is 1. The van der Waals surface area contributed by atoms with Crippen LogP contribution < -0.4 is 5.32 Å². The van der Waals surface area contributed by atoms with Crippen molar-refractivity contribution in [3.8, 4) is 0 Å². The van der Waals surface area contributed by atoms with Crippen molar-refractivity contribution < 1.29 is 14.3 Å². The third-order valence-electron chi connectivity index (χ3n) is 2.51. The molecule has 0 unspecified atom stereocenters. The first kappa shape index (κ1) is 17.4. The summed E-state index contributed by atoms with van der Waals surface area (Å²) in [7, 11) is 0. The van der Waals surface area contributed by atoms with Crippen LogP contribution in [0.1, 0.15) is 47.5 Å². The zero-order valence-corrected chi connectivity index (χ0v) is 12.5. The van der Waals surface area contributed by atoms with Crippen molar-refractivity contribution in [1.82, 2.24) is 5.32 Å². The SMILES string of the molecule is CCOC[C@H](C)NC(=O)CCO[C@H](C)CC(C)C. The number of rotatable bonds is 10. The summed E-state index contributed by atoms with van der Waals surface area (Å²) in [6, 6.07) is 0.0607. The van der Waals surface area contributed by atoms with Gasteiger partial charge in [-0.2, -0.15) is 0 Å². The smallest absolute Gasteiger partial charge is 0.222 e. The van der Waals surface area contributed by atoms with Gasteiger partial charge in [0.05, 0.1) is 19.3 Å². The lowest BCUT2D eigenvalue weighted by molar-refractivity contribution is -0.123. The minimum atomic E-state index is 0.0268. The molecule has 0 aromatic carbocycles. The lowest BCUT2D eigenvalue weighted by atomic mass is 10.1. The molecule has 0 spiro atoms. The predicted molar refractivity (Wildman–Crippen MR) is 73.6 cm³/mol. The number of hydrogen-bond donors (Lipinski definition) is 1. The lowest BCUT2D eigenvalue weighted by Gasteiger charge is -2.16. The van der Waals surface area contributed by atoms with E-state index in [2.05, 4.69) is 26.1 Å². The fourth-order valence-electron chi connectivity index (χ4n) is 1.77. The zero-order chi connectivity index (χ0) is 14.0. The molecule has 0 aliphatic heterocycles. The molecule has 0 aromatic heterocycles. The van der Waals surface area contributed by atoms with Crippen LogP contribution in [-0.2, 0) is 14.3 Å². The molecule has 0 heterocycles. The van der Waals surface area contributed by atoms with Crippen molar-refractivity contribution in [3.05, 3.63) is 0 Å². The van der Waals surface area contributed by atoms with Gasteiger partial charge in [0.2, 0.25) is 5.91 Å². The van der Waals surface area contributed by atoms with Crippen molar-refractivity contribution in [2.75, 3.05) is 19.8 Å². The molecular weight excluding hydrogens is 230 g/mol. The van der Waals surface area contributed by atoms with Gasteiger partial charge in [-0.3, -0.25) is 4.79 Å². The third kappa shape index (κ3) is 10.5. The summed E-state index contributed by atoms with van der Waals surface area (Å²) < 4.78 is 10.8. The Morgan fingerprint density at radius 2 is 1.89 bits per heavy atom. The van der Waals surface area contributed by atoms with E-state index >= 15 is 0 Å². The average molecular weight is 259 g/mol. The molecule has 108 valence electrons. The largest absolute Gasteiger partial charge is 0.380 e. The van der Waals surface area contributed by atoms with Gasteiger partial charge in [-0.1, -0.05) is 13.8 Å². The van der Waals surface area contributed by atoms with Crippen LogP contribution in [0.2, 0.25) is 0 Å². The lowest BCUT2D eigenvalue weighted by Crippen LogP contribution is -2.36. The summed E-state index contributed by atoms with van der Waals surface area (Å²) in [5, 5.41) is 2.89. The summed E-state index contributed by atoms with van der Waals surface area (Å²) in [4.78, 5) is 11.6. The van der Waals surface area contributed by atoms with E-state index in [9.17, 15) is 4.79 Å². The quantitative estimate of drug-likeness (QED) is 0.655. The number of ether oxygens (including phenoxy) is 2. The maximum absolute atomic E-state index is 11.6. The summed E-state index contributed by atoms with van der Waals surface area (Å²) in [6.07, 6.45) is 1.67. The second kappa shape index (κ2) is 10.3. The third-order valence-corrected chi connectivity index (χ3v) is 2.51. The molecule has 0 aliphatic rings. The number of carbonyl (C=O) groups is 1. The molecule has 0 saturated heterocycles. The first-order chi connectivity index (χ1) is 8.45. The maximum atomic E-state index is 11.6. The van der Waals surface area contributed by atoms with Gasteiger partial charge in [-0.05, 0) is 33.1 Å². The first-order valence-electron chi connectivity index (χ1n) is 6.94. The van der Waals surface area contributed by atoms with Gasteiger partial charge in [0.1, 0.15) is 0 Å². The van der Waals surface area contributed by atoms with Crippen LogP contribution >= 0.6 is 0 Å². The van der Waals surface area contributed by atoms with Crippen molar-refractivity contribution in [3.63, 3.8) is 0 Å². The topological polar surface area (TPSA) is 47.6 Å². The Kier molecular flexibility index (Phi) is 9.98. The van der Waals surface area contributed by atoms with Crippen LogP contribution in [0.5, 0.6) is 0 Å². The van der Waals surface area contributed by atoms with Crippen molar-refractivity contribution in [2.24, 2.45) is 5.92 Å². The second-order valence-corrected chi connectivity index (χ2v) is 5.19. The maximum Gasteiger partial charge on any atom is 0.222 e. The van der Waals surface area contributed by atoms with E-state index in [-0.39, 0.29) is 18.1 Å². The molecule has 2 atom stereocenters. The minimum Gasteiger partial charge on any atom is -0.380 e. The van der Waals surface area contributed by atoms with Crippen LogP contribution in [0, 0.1) is 5.92 Å². The summed E-state index contributed by atoms with van der Waals surface area (Å²) >= 11 is 0. The van der Waals surface area contributed by atoms with Gasteiger partial charge < -0.3 is 14.8 Å².